The second kappa shape index (κ2) is 3.58. The maximum Gasteiger partial charge on any atom is 0.173 e. The van der Waals surface area contributed by atoms with Crippen LogP contribution < -0.4 is 11.1 Å². The zero-order valence-electron chi connectivity index (χ0n) is 8.05. The predicted octanol–water partition coefficient (Wildman–Crippen LogP) is 0.991. The van der Waals surface area contributed by atoms with Gasteiger partial charge in [-0.05, 0) is 12.1 Å². The molecular weight excluding hydrogens is 212 g/mol. The Morgan fingerprint density at radius 2 is 2.07 bits per heavy atom. The van der Waals surface area contributed by atoms with Gasteiger partial charge in [-0.15, -0.1) is 0 Å². The largest absolute Gasteiger partial charge is 0.397 e. The van der Waals surface area contributed by atoms with E-state index in [1.54, 1.807) is 12.1 Å². The Bertz CT molecular complexity index is 494. The lowest BCUT2D eigenvalue weighted by Crippen LogP contribution is -2.21. The van der Waals surface area contributed by atoms with Gasteiger partial charge in [0.05, 0.1) is 23.2 Å². The van der Waals surface area contributed by atoms with Crippen LogP contribution in [0.3, 0.4) is 0 Å². The molecule has 0 fully saturated rings. The number of hydrogen-bond donors (Lipinski definition) is 2. The van der Waals surface area contributed by atoms with Gasteiger partial charge in [0.15, 0.2) is 9.84 Å². The van der Waals surface area contributed by atoms with Crippen molar-refractivity contribution in [3.8, 4) is 0 Å². The van der Waals surface area contributed by atoms with E-state index in [-0.39, 0.29) is 11.8 Å². The third-order valence-corrected chi connectivity index (χ3v) is 3.63. The first kappa shape index (κ1) is 10.0. The Hall–Kier alpha value is -1.49. The average Bonchev–Trinajstić information content (AvgIpc) is 2.50. The molecule has 0 aromatic heterocycles. The Balaban J connectivity index is 2.12. The highest BCUT2D eigenvalue weighted by Crippen LogP contribution is 2.20. The van der Waals surface area contributed by atoms with Crippen LogP contribution in [-0.2, 0) is 9.84 Å². The number of benzene rings is 1. The van der Waals surface area contributed by atoms with Crippen molar-refractivity contribution in [1.82, 2.24) is 0 Å². The van der Waals surface area contributed by atoms with E-state index >= 15 is 0 Å². The minimum Gasteiger partial charge on any atom is -0.397 e. The smallest absolute Gasteiger partial charge is 0.173 e. The Morgan fingerprint density at radius 1 is 1.33 bits per heavy atom. The number of anilines is 2. The first-order valence-corrected chi connectivity index (χ1v) is 6.30. The van der Waals surface area contributed by atoms with E-state index < -0.39 is 9.84 Å². The fourth-order valence-corrected chi connectivity index (χ4v) is 2.73. The van der Waals surface area contributed by atoms with Crippen molar-refractivity contribution in [2.24, 2.45) is 0 Å². The summed E-state index contributed by atoms with van der Waals surface area (Å²) in [6, 6.07) is 7.11. The van der Waals surface area contributed by atoms with Gasteiger partial charge in [0.2, 0.25) is 0 Å². The molecule has 1 aromatic rings. The number of rotatable bonds is 2. The van der Waals surface area contributed by atoms with E-state index in [1.807, 2.05) is 18.2 Å². The summed E-state index contributed by atoms with van der Waals surface area (Å²) in [4.78, 5) is 0. The van der Waals surface area contributed by atoms with Crippen molar-refractivity contribution < 1.29 is 8.42 Å². The number of sulfone groups is 1. The summed E-state index contributed by atoms with van der Waals surface area (Å²) in [5.74, 6) is 0.0985. The van der Waals surface area contributed by atoms with Gasteiger partial charge in [0, 0.05) is 5.41 Å². The molecule has 0 radical (unpaired) electrons. The molecule has 5 heteroatoms. The molecular formula is C10H12N2O2S. The first-order valence-electron chi connectivity index (χ1n) is 4.59. The highest BCUT2D eigenvalue weighted by molar-refractivity contribution is 7.94. The van der Waals surface area contributed by atoms with Gasteiger partial charge >= 0.3 is 0 Å². The molecule has 0 bridgehead atoms. The van der Waals surface area contributed by atoms with Crippen LogP contribution >= 0.6 is 0 Å². The summed E-state index contributed by atoms with van der Waals surface area (Å²) in [5, 5.41) is 4.31. The van der Waals surface area contributed by atoms with Crippen molar-refractivity contribution in [2.75, 3.05) is 16.8 Å². The first-order chi connectivity index (χ1) is 7.07. The van der Waals surface area contributed by atoms with Gasteiger partial charge in [0.25, 0.3) is 0 Å². The molecule has 0 saturated heterocycles. The average molecular weight is 224 g/mol. The molecule has 0 spiro atoms. The fraction of sp³-hybridized carbons (Fsp3) is 0.200. The predicted molar refractivity (Wildman–Crippen MR) is 61.2 cm³/mol. The highest BCUT2D eigenvalue weighted by atomic mass is 32.2. The number of hydrogen-bond acceptors (Lipinski definition) is 4. The summed E-state index contributed by atoms with van der Waals surface area (Å²) in [5.41, 5.74) is 7.12. The molecule has 0 aliphatic carbocycles. The molecule has 80 valence electrons. The normalized spacial score (nSPS) is 22.8. The van der Waals surface area contributed by atoms with Gasteiger partial charge < -0.3 is 11.1 Å². The topological polar surface area (TPSA) is 72.2 Å². The lowest BCUT2D eigenvalue weighted by atomic mass is 10.2. The molecule has 0 saturated carbocycles. The lowest BCUT2D eigenvalue weighted by Gasteiger charge is -2.13. The zero-order chi connectivity index (χ0) is 10.9. The molecule has 1 aliphatic rings. The minimum absolute atomic E-state index is 0.0985. The molecule has 1 unspecified atom stereocenters. The minimum atomic E-state index is -3.01. The number of nitrogens with two attached hydrogens (primary N) is 1. The summed E-state index contributed by atoms with van der Waals surface area (Å²) >= 11 is 0. The summed E-state index contributed by atoms with van der Waals surface area (Å²) in [6.07, 6.45) is 1.64. The maximum atomic E-state index is 11.2. The molecule has 1 atom stereocenters. The second-order valence-electron chi connectivity index (χ2n) is 3.50. The van der Waals surface area contributed by atoms with Crippen molar-refractivity contribution in [3.63, 3.8) is 0 Å². The van der Waals surface area contributed by atoms with E-state index in [1.165, 1.54) is 5.41 Å². The maximum absolute atomic E-state index is 11.2. The highest BCUT2D eigenvalue weighted by Gasteiger charge is 2.21. The molecule has 15 heavy (non-hydrogen) atoms. The van der Waals surface area contributed by atoms with E-state index in [4.69, 9.17) is 5.73 Å². The summed E-state index contributed by atoms with van der Waals surface area (Å²) in [7, 11) is -3.01. The van der Waals surface area contributed by atoms with Crippen LogP contribution in [0.4, 0.5) is 11.4 Å². The van der Waals surface area contributed by atoms with Crippen molar-refractivity contribution in [2.45, 2.75) is 6.04 Å². The third kappa shape index (κ3) is 2.30. The molecule has 3 N–H and O–H groups in total. The lowest BCUT2D eigenvalue weighted by molar-refractivity contribution is 0.605. The van der Waals surface area contributed by atoms with Crippen molar-refractivity contribution in [1.29, 1.82) is 0 Å². The van der Waals surface area contributed by atoms with Crippen LogP contribution in [0.1, 0.15) is 0 Å². The van der Waals surface area contributed by atoms with Crippen molar-refractivity contribution in [3.05, 3.63) is 35.7 Å². The van der Waals surface area contributed by atoms with Crippen LogP contribution in [0.5, 0.6) is 0 Å². The van der Waals surface area contributed by atoms with E-state index in [0.717, 1.165) is 5.69 Å². The Morgan fingerprint density at radius 3 is 2.67 bits per heavy atom. The molecule has 0 amide bonds. The van der Waals surface area contributed by atoms with E-state index in [9.17, 15) is 8.42 Å². The van der Waals surface area contributed by atoms with Gasteiger partial charge in [-0.25, -0.2) is 8.42 Å². The molecule has 2 rings (SSSR count). The van der Waals surface area contributed by atoms with E-state index in [2.05, 4.69) is 5.32 Å². The summed E-state index contributed by atoms with van der Waals surface area (Å²) in [6.45, 7) is 0. The monoisotopic (exact) mass is 224 g/mol. The SMILES string of the molecule is Nc1ccccc1NC1C=CS(=O)(=O)C1. The van der Waals surface area contributed by atoms with Gasteiger partial charge in [0.1, 0.15) is 0 Å². The standard InChI is InChI=1S/C10H12N2O2S/c11-9-3-1-2-4-10(9)12-8-5-6-15(13,14)7-8/h1-6,8,12H,7,11H2. The Kier molecular flexibility index (Phi) is 2.40. The van der Waals surface area contributed by atoms with Crippen LogP contribution in [0.25, 0.3) is 0 Å². The van der Waals surface area contributed by atoms with Crippen LogP contribution in [-0.4, -0.2) is 20.2 Å². The van der Waals surface area contributed by atoms with E-state index in [0.29, 0.717) is 5.69 Å². The van der Waals surface area contributed by atoms with Crippen LogP contribution in [0.15, 0.2) is 35.7 Å². The second-order valence-corrected chi connectivity index (χ2v) is 5.43. The molecule has 1 heterocycles. The zero-order valence-corrected chi connectivity index (χ0v) is 8.87. The van der Waals surface area contributed by atoms with Crippen LogP contribution in [0.2, 0.25) is 0 Å². The molecule has 1 aliphatic heterocycles. The number of nitrogens with one attached hydrogen (secondary N) is 1. The molecule has 4 nitrogen and oxygen atoms in total. The van der Waals surface area contributed by atoms with Gasteiger partial charge in [-0.3, -0.25) is 0 Å². The third-order valence-electron chi connectivity index (χ3n) is 2.23. The van der Waals surface area contributed by atoms with Crippen molar-refractivity contribution >= 4 is 21.2 Å². The molecule has 1 aromatic carbocycles. The van der Waals surface area contributed by atoms with Gasteiger partial charge in [-0.2, -0.15) is 0 Å². The summed E-state index contributed by atoms with van der Waals surface area (Å²) < 4.78 is 22.3. The van der Waals surface area contributed by atoms with Crippen LogP contribution in [0, 0.1) is 0 Å². The number of para-hydroxylation sites is 2. The Labute approximate surface area is 88.7 Å². The fourth-order valence-electron chi connectivity index (χ4n) is 1.49. The van der Waals surface area contributed by atoms with Gasteiger partial charge in [-0.1, -0.05) is 18.2 Å². The quantitative estimate of drug-likeness (QED) is 0.735. The number of nitrogen functional groups attached to an aromatic ring is 1.